The van der Waals surface area contributed by atoms with Crippen LogP contribution in [0, 0.1) is 6.92 Å². The number of hydrogen-bond donors (Lipinski definition) is 0. The summed E-state index contributed by atoms with van der Waals surface area (Å²) < 4.78 is 15.3. The van der Waals surface area contributed by atoms with Gasteiger partial charge in [0.05, 0.1) is 25.7 Å². The summed E-state index contributed by atoms with van der Waals surface area (Å²) in [4.78, 5) is 20.3. The van der Waals surface area contributed by atoms with Crippen molar-refractivity contribution in [1.82, 2.24) is 9.97 Å². The topological polar surface area (TPSA) is 74.5 Å². The summed E-state index contributed by atoms with van der Waals surface area (Å²) in [5.41, 5.74) is 1.14. The lowest BCUT2D eigenvalue weighted by Crippen LogP contribution is -2.12. The molecule has 19 heavy (non-hydrogen) atoms. The second-order valence-electron chi connectivity index (χ2n) is 3.72. The molecule has 0 aliphatic carbocycles. The second kappa shape index (κ2) is 5.51. The van der Waals surface area contributed by atoms with Crippen LogP contribution in [0.25, 0.3) is 11.5 Å². The Kier molecular flexibility index (Phi) is 3.79. The molecule has 0 saturated heterocycles. The quantitative estimate of drug-likeness (QED) is 0.786. The summed E-state index contributed by atoms with van der Waals surface area (Å²) in [5.74, 6) is -0.0130. The highest BCUT2D eigenvalue weighted by molar-refractivity contribution is 5.96. The number of aryl methyl sites for hydroxylation is 1. The highest BCUT2D eigenvalue weighted by Gasteiger charge is 2.22. The van der Waals surface area contributed by atoms with Crippen LogP contribution in [0.15, 0.2) is 22.8 Å². The van der Waals surface area contributed by atoms with Crippen LogP contribution in [0.4, 0.5) is 0 Å². The fourth-order valence-electron chi connectivity index (χ4n) is 1.68. The normalized spacial score (nSPS) is 10.3. The number of carbonyl (C=O) groups excluding carboxylic acids is 1. The van der Waals surface area contributed by atoms with Gasteiger partial charge in [0, 0.05) is 0 Å². The van der Waals surface area contributed by atoms with Gasteiger partial charge in [-0.15, -0.1) is 0 Å². The third-order valence-corrected chi connectivity index (χ3v) is 2.49. The Morgan fingerprint density at radius 1 is 1.42 bits per heavy atom. The fourth-order valence-corrected chi connectivity index (χ4v) is 1.68. The van der Waals surface area contributed by atoms with Gasteiger partial charge in [0.2, 0.25) is 0 Å². The zero-order chi connectivity index (χ0) is 13.8. The molecule has 0 fully saturated rings. The molecule has 2 rings (SSSR count). The van der Waals surface area contributed by atoms with E-state index in [0.717, 1.165) is 0 Å². The van der Waals surface area contributed by atoms with E-state index in [1.54, 1.807) is 26.0 Å². The molecule has 6 heteroatoms. The Labute approximate surface area is 110 Å². The van der Waals surface area contributed by atoms with Gasteiger partial charge in [-0.3, -0.25) is 0 Å². The molecule has 2 aromatic heterocycles. The third kappa shape index (κ3) is 2.57. The Balaban J connectivity index is 2.60. The van der Waals surface area contributed by atoms with Crippen LogP contribution in [0.1, 0.15) is 23.0 Å². The molecule has 0 N–H and O–H groups in total. The first kappa shape index (κ1) is 13.1. The standard InChI is InChI=1S/C13H14N2O4/c1-4-18-12(16)10-8(2)14-13(17-3)15-11(10)9-6-5-7-19-9/h5-7H,4H2,1-3H3. The number of aromatic nitrogens is 2. The number of nitrogens with zero attached hydrogens (tertiary/aromatic N) is 2. The van der Waals surface area contributed by atoms with Crippen molar-refractivity contribution in [3.8, 4) is 17.5 Å². The van der Waals surface area contributed by atoms with Gasteiger partial charge in [-0.2, -0.15) is 9.97 Å². The number of rotatable bonds is 4. The first-order valence-corrected chi connectivity index (χ1v) is 5.81. The maximum absolute atomic E-state index is 12.0. The summed E-state index contributed by atoms with van der Waals surface area (Å²) in [6, 6.07) is 3.61. The molecule has 0 radical (unpaired) electrons. The lowest BCUT2D eigenvalue weighted by atomic mass is 10.1. The van der Waals surface area contributed by atoms with Crippen LogP contribution in [0.2, 0.25) is 0 Å². The van der Waals surface area contributed by atoms with Gasteiger partial charge < -0.3 is 13.9 Å². The van der Waals surface area contributed by atoms with Crippen LogP contribution in [-0.2, 0) is 4.74 Å². The van der Waals surface area contributed by atoms with Crippen molar-refractivity contribution in [1.29, 1.82) is 0 Å². The van der Waals surface area contributed by atoms with E-state index in [9.17, 15) is 4.79 Å². The summed E-state index contributed by atoms with van der Waals surface area (Å²) in [7, 11) is 1.46. The average molecular weight is 262 g/mol. The lowest BCUT2D eigenvalue weighted by Gasteiger charge is -2.10. The number of methoxy groups -OCH3 is 1. The van der Waals surface area contributed by atoms with E-state index in [1.165, 1.54) is 13.4 Å². The summed E-state index contributed by atoms with van der Waals surface area (Å²) >= 11 is 0. The van der Waals surface area contributed by atoms with Crippen molar-refractivity contribution in [3.05, 3.63) is 29.7 Å². The van der Waals surface area contributed by atoms with Crippen LogP contribution < -0.4 is 4.74 Å². The maximum Gasteiger partial charge on any atom is 0.342 e. The molecule has 0 aliphatic heterocycles. The van der Waals surface area contributed by atoms with Gasteiger partial charge >= 0.3 is 12.0 Å². The van der Waals surface area contributed by atoms with E-state index in [-0.39, 0.29) is 18.2 Å². The molecule has 100 valence electrons. The minimum atomic E-state index is -0.478. The zero-order valence-corrected chi connectivity index (χ0v) is 11.0. The van der Waals surface area contributed by atoms with Crippen molar-refractivity contribution in [3.63, 3.8) is 0 Å². The molecule has 0 saturated carbocycles. The largest absolute Gasteiger partial charge is 0.467 e. The summed E-state index contributed by atoms with van der Waals surface area (Å²) in [6.45, 7) is 3.72. The summed E-state index contributed by atoms with van der Waals surface area (Å²) in [5, 5.41) is 0. The monoisotopic (exact) mass is 262 g/mol. The predicted octanol–water partition coefficient (Wildman–Crippen LogP) is 2.23. The minimum absolute atomic E-state index is 0.178. The molecule has 0 unspecified atom stereocenters. The van der Waals surface area contributed by atoms with Crippen molar-refractivity contribution in [2.75, 3.05) is 13.7 Å². The maximum atomic E-state index is 12.0. The van der Waals surface area contributed by atoms with Crippen LogP contribution >= 0.6 is 0 Å². The molecule has 6 nitrogen and oxygen atoms in total. The Bertz CT molecular complexity index is 579. The first-order valence-electron chi connectivity index (χ1n) is 5.81. The molecule has 0 aromatic carbocycles. The number of ether oxygens (including phenoxy) is 2. The zero-order valence-electron chi connectivity index (χ0n) is 11.0. The second-order valence-corrected chi connectivity index (χ2v) is 3.72. The van der Waals surface area contributed by atoms with E-state index in [2.05, 4.69) is 9.97 Å². The number of hydrogen-bond acceptors (Lipinski definition) is 6. The van der Waals surface area contributed by atoms with Gasteiger partial charge in [0.1, 0.15) is 11.3 Å². The van der Waals surface area contributed by atoms with Gasteiger partial charge in [0.15, 0.2) is 5.76 Å². The van der Waals surface area contributed by atoms with Crippen molar-refractivity contribution >= 4 is 5.97 Å². The fraction of sp³-hybridized carbons (Fsp3) is 0.308. The molecule has 2 heterocycles. The smallest absolute Gasteiger partial charge is 0.342 e. The number of furan rings is 1. The number of carbonyl (C=O) groups is 1. The molecule has 0 aliphatic rings. The van der Waals surface area contributed by atoms with Gasteiger partial charge in [0.25, 0.3) is 0 Å². The first-order chi connectivity index (χ1) is 9.17. The number of esters is 1. The minimum Gasteiger partial charge on any atom is -0.467 e. The van der Waals surface area contributed by atoms with Crippen molar-refractivity contribution < 1.29 is 18.7 Å². The van der Waals surface area contributed by atoms with E-state index < -0.39 is 5.97 Å². The SMILES string of the molecule is CCOC(=O)c1c(C)nc(OC)nc1-c1ccco1. The van der Waals surface area contributed by atoms with Gasteiger partial charge in [-0.1, -0.05) is 0 Å². The van der Waals surface area contributed by atoms with E-state index in [4.69, 9.17) is 13.9 Å². The van der Waals surface area contributed by atoms with Gasteiger partial charge in [-0.25, -0.2) is 4.79 Å². The highest BCUT2D eigenvalue weighted by atomic mass is 16.5. The highest BCUT2D eigenvalue weighted by Crippen LogP contribution is 2.26. The van der Waals surface area contributed by atoms with Crippen LogP contribution in [0.5, 0.6) is 6.01 Å². The molecule has 0 atom stereocenters. The molecular formula is C13H14N2O4. The van der Waals surface area contributed by atoms with Crippen LogP contribution in [-0.4, -0.2) is 29.7 Å². The summed E-state index contributed by atoms with van der Waals surface area (Å²) in [6.07, 6.45) is 1.51. The van der Waals surface area contributed by atoms with E-state index >= 15 is 0 Å². The predicted molar refractivity (Wildman–Crippen MR) is 67.0 cm³/mol. The Morgan fingerprint density at radius 3 is 2.79 bits per heavy atom. The Morgan fingerprint density at radius 2 is 2.21 bits per heavy atom. The lowest BCUT2D eigenvalue weighted by molar-refractivity contribution is 0.0525. The Hall–Kier alpha value is -2.37. The van der Waals surface area contributed by atoms with E-state index in [0.29, 0.717) is 17.1 Å². The van der Waals surface area contributed by atoms with Crippen molar-refractivity contribution in [2.45, 2.75) is 13.8 Å². The third-order valence-electron chi connectivity index (χ3n) is 2.49. The van der Waals surface area contributed by atoms with Crippen molar-refractivity contribution in [2.24, 2.45) is 0 Å². The molecule has 0 spiro atoms. The molecule has 0 amide bonds. The van der Waals surface area contributed by atoms with E-state index in [1.807, 2.05) is 0 Å². The molecule has 2 aromatic rings. The van der Waals surface area contributed by atoms with Crippen LogP contribution in [0.3, 0.4) is 0 Å². The van der Waals surface area contributed by atoms with Gasteiger partial charge in [-0.05, 0) is 26.0 Å². The molecular weight excluding hydrogens is 248 g/mol. The molecule has 0 bridgehead atoms. The average Bonchev–Trinajstić information content (AvgIpc) is 2.91.